The van der Waals surface area contributed by atoms with Gasteiger partial charge in [-0.05, 0) is 43.4 Å². The number of urea groups is 1. The van der Waals surface area contributed by atoms with Crippen LogP contribution in [0.25, 0.3) is 0 Å². The Kier molecular flexibility index (Phi) is 6.29. The molecule has 0 unspecified atom stereocenters. The molecule has 2 amide bonds. The molecular formula is C21H23N3O3. The maximum absolute atomic E-state index is 12.2. The van der Waals surface area contributed by atoms with Crippen molar-refractivity contribution < 1.29 is 14.7 Å². The van der Waals surface area contributed by atoms with Crippen molar-refractivity contribution in [3.8, 4) is 11.8 Å². The minimum atomic E-state index is -0.488. The molecule has 0 aromatic heterocycles. The van der Waals surface area contributed by atoms with E-state index in [2.05, 4.69) is 11.4 Å². The number of nitrogens with zero attached hydrogens (tertiary/aromatic N) is 2. The van der Waals surface area contributed by atoms with E-state index < -0.39 is 6.03 Å². The van der Waals surface area contributed by atoms with Gasteiger partial charge >= 0.3 is 6.03 Å². The summed E-state index contributed by atoms with van der Waals surface area (Å²) in [4.78, 5) is 12.2. The zero-order valence-corrected chi connectivity index (χ0v) is 15.0. The van der Waals surface area contributed by atoms with Gasteiger partial charge in [0.2, 0.25) is 0 Å². The predicted molar refractivity (Wildman–Crippen MR) is 100 cm³/mol. The Balaban J connectivity index is 1.45. The average Bonchev–Trinajstić information content (AvgIpc) is 2.70. The molecule has 3 rings (SSSR count). The minimum Gasteiger partial charge on any atom is -0.489 e. The number of nitriles is 1. The third kappa shape index (κ3) is 5.22. The fourth-order valence-electron chi connectivity index (χ4n) is 3.24. The lowest BCUT2D eigenvalue weighted by Gasteiger charge is -2.30. The Morgan fingerprint density at radius 3 is 2.48 bits per heavy atom. The van der Waals surface area contributed by atoms with Crippen LogP contribution in [-0.2, 0) is 6.54 Å². The highest BCUT2D eigenvalue weighted by molar-refractivity contribution is 5.73. The summed E-state index contributed by atoms with van der Waals surface area (Å²) in [7, 11) is 0. The molecule has 0 radical (unpaired) electrons. The Bertz CT molecular complexity index is 796. The molecule has 2 aromatic rings. The Hall–Kier alpha value is -3.04. The molecule has 6 nitrogen and oxygen atoms in total. The Morgan fingerprint density at radius 1 is 1.11 bits per heavy atom. The topological polar surface area (TPSA) is 85.6 Å². The van der Waals surface area contributed by atoms with Crippen LogP contribution in [0.5, 0.6) is 5.75 Å². The van der Waals surface area contributed by atoms with E-state index in [0.29, 0.717) is 16.4 Å². The first kappa shape index (κ1) is 18.7. The van der Waals surface area contributed by atoms with Crippen LogP contribution in [0.4, 0.5) is 4.79 Å². The van der Waals surface area contributed by atoms with Gasteiger partial charge < -0.3 is 10.1 Å². The molecule has 1 saturated carbocycles. The molecule has 1 aliphatic rings. The summed E-state index contributed by atoms with van der Waals surface area (Å²) < 4.78 is 5.96. The van der Waals surface area contributed by atoms with Crippen LogP contribution in [0.15, 0.2) is 54.6 Å². The third-order valence-electron chi connectivity index (χ3n) is 4.71. The number of hydroxylamine groups is 2. The van der Waals surface area contributed by atoms with Crippen LogP contribution in [0, 0.1) is 11.3 Å². The molecule has 2 N–H and O–H groups in total. The smallest absolute Gasteiger partial charge is 0.341 e. The van der Waals surface area contributed by atoms with Gasteiger partial charge in [0.15, 0.2) is 0 Å². The van der Waals surface area contributed by atoms with Crippen molar-refractivity contribution in [1.29, 1.82) is 5.26 Å². The highest BCUT2D eigenvalue weighted by Gasteiger charge is 2.25. The SMILES string of the molecule is N#Cc1ccccc1OC1CCC(NC(=O)N(O)Cc2ccccc2)CC1. The van der Waals surface area contributed by atoms with Gasteiger partial charge in [-0.2, -0.15) is 5.26 Å². The van der Waals surface area contributed by atoms with E-state index in [0.717, 1.165) is 31.2 Å². The second-order valence-electron chi connectivity index (χ2n) is 6.69. The van der Waals surface area contributed by atoms with Gasteiger partial charge in [-0.3, -0.25) is 5.21 Å². The fraction of sp³-hybridized carbons (Fsp3) is 0.333. The molecular weight excluding hydrogens is 342 g/mol. The third-order valence-corrected chi connectivity index (χ3v) is 4.71. The molecule has 0 heterocycles. The highest BCUT2D eigenvalue weighted by atomic mass is 16.5. The number of nitrogens with one attached hydrogen (secondary N) is 1. The summed E-state index contributed by atoms with van der Waals surface area (Å²) in [5.41, 5.74) is 1.40. The number of carbonyl (C=O) groups is 1. The van der Waals surface area contributed by atoms with E-state index in [1.165, 1.54) is 0 Å². The first-order valence-electron chi connectivity index (χ1n) is 9.12. The average molecular weight is 365 g/mol. The van der Waals surface area contributed by atoms with Gasteiger partial charge in [-0.25, -0.2) is 9.86 Å². The van der Waals surface area contributed by atoms with Gasteiger partial charge in [0, 0.05) is 6.04 Å². The summed E-state index contributed by atoms with van der Waals surface area (Å²) >= 11 is 0. The van der Waals surface area contributed by atoms with Crippen molar-refractivity contribution in [3.05, 3.63) is 65.7 Å². The lowest BCUT2D eigenvalue weighted by molar-refractivity contribution is -0.0524. The number of para-hydroxylation sites is 1. The lowest BCUT2D eigenvalue weighted by atomic mass is 9.93. The summed E-state index contributed by atoms with van der Waals surface area (Å²) in [6.07, 6.45) is 3.14. The van der Waals surface area contributed by atoms with Crippen molar-refractivity contribution >= 4 is 6.03 Å². The van der Waals surface area contributed by atoms with Crippen molar-refractivity contribution in [3.63, 3.8) is 0 Å². The molecule has 1 fully saturated rings. The fourth-order valence-corrected chi connectivity index (χ4v) is 3.24. The first-order valence-corrected chi connectivity index (χ1v) is 9.12. The van der Waals surface area contributed by atoms with E-state index in [9.17, 15) is 10.0 Å². The highest BCUT2D eigenvalue weighted by Crippen LogP contribution is 2.26. The first-order chi connectivity index (χ1) is 13.2. The molecule has 6 heteroatoms. The summed E-state index contributed by atoms with van der Waals surface area (Å²) in [5, 5.41) is 22.7. The number of hydrogen-bond donors (Lipinski definition) is 2. The Labute approximate surface area is 158 Å². The molecule has 0 aliphatic heterocycles. The van der Waals surface area contributed by atoms with Crippen LogP contribution in [0.3, 0.4) is 0 Å². The summed E-state index contributed by atoms with van der Waals surface area (Å²) in [6.45, 7) is 0.149. The van der Waals surface area contributed by atoms with Crippen LogP contribution in [0.2, 0.25) is 0 Å². The number of hydrogen-bond acceptors (Lipinski definition) is 4. The van der Waals surface area contributed by atoms with Crippen molar-refractivity contribution in [2.45, 2.75) is 44.4 Å². The second-order valence-corrected chi connectivity index (χ2v) is 6.69. The van der Waals surface area contributed by atoms with Gasteiger partial charge in [0.25, 0.3) is 0 Å². The number of benzene rings is 2. The van der Waals surface area contributed by atoms with Gasteiger partial charge in [-0.15, -0.1) is 0 Å². The van der Waals surface area contributed by atoms with Gasteiger partial charge in [0.1, 0.15) is 11.8 Å². The van der Waals surface area contributed by atoms with Crippen LogP contribution >= 0.6 is 0 Å². The van der Waals surface area contributed by atoms with Crippen LogP contribution < -0.4 is 10.1 Å². The van der Waals surface area contributed by atoms with Gasteiger partial charge in [-0.1, -0.05) is 42.5 Å². The number of amides is 2. The monoisotopic (exact) mass is 365 g/mol. The maximum Gasteiger partial charge on any atom is 0.341 e. The molecule has 0 saturated heterocycles. The molecule has 1 aliphatic carbocycles. The van der Waals surface area contributed by atoms with E-state index in [1.807, 2.05) is 42.5 Å². The molecule has 0 atom stereocenters. The van der Waals surface area contributed by atoms with E-state index >= 15 is 0 Å². The number of rotatable bonds is 5. The molecule has 0 bridgehead atoms. The predicted octanol–water partition coefficient (Wildman–Crippen LogP) is 3.85. The van der Waals surface area contributed by atoms with Crippen molar-refractivity contribution in [2.24, 2.45) is 0 Å². The Morgan fingerprint density at radius 2 is 1.78 bits per heavy atom. The van der Waals surface area contributed by atoms with Crippen LogP contribution in [-0.4, -0.2) is 28.4 Å². The standard InChI is InChI=1S/C21H23N3O3/c22-14-17-8-4-5-9-20(17)27-19-12-10-18(11-13-19)23-21(25)24(26)15-16-6-2-1-3-7-16/h1-9,18-19,26H,10-13,15H2,(H,23,25). The second kappa shape index (κ2) is 9.06. The van der Waals surface area contributed by atoms with Crippen LogP contribution in [0.1, 0.15) is 36.8 Å². The largest absolute Gasteiger partial charge is 0.489 e. The quantitative estimate of drug-likeness (QED) is 0.622. The van der Waals surface area contributed by atoms with Crippen molar-refractivity contribution in [2.75, 3.05) is 0 Å². The number of ether oxygens (including phenoxy) is 1. The molecule has 27 heavy (non-hydrogen) atoms. The summed E-state index contributed by atoms with van der Waals surface area (Å²) in [5.74, 6) is 0.608. The van der Waals surface area contributed by atoms with E-state index in [-0.39, 0.29) is 18.7 Å². The van der Waals surface area contributed by atoms with E-state index in [1.54, 1.807) is 12.1 Å². The lowest BCUT2D eigenvalue weighted by Crippen LogP contribution is -2.45. The zero-order chi connectivity index (χ0) is 19.1. The summed E-state index contributed by atoms with van der Waals surface area (Å²) in [6, 6.07) is 18.2. The normalized spacial score (nSPS) is 19.0. The molecule has 140 valence electrons. The van der Waals surface area contributed by atoms with E-state index in [4.69, 9.17) is 10.00 Å². The molecule has 2 aromatic carbocycles. The van der Waals surface area contributed by atoms with Gasteiger partial charge in [0.05, 0.1) is 18.2 Å². The number of carbonyl (C=O) groups excluding carboxylic acids is 1. The zero-order valence-electron chi connectivity index (χ0n) is 15.0. The van der Waals surface area contributed by atoms with Crippen molar-refractivity contribution in [1.82, 2.24) is 10.4 Å². The minimum absolute atomic E-state index is 0.00832. The maximum atomic E-state index is 12.2. The molecule has 0 spiro atoms.